The normalized spacial score (nSPS) is 23.2. The molecule has 9 heteroatoms. The third-order valence-corrected chi connectivity index (χ3v) is 3.48. The number of hydrogen-bond donors (Lipinski definition) is 0. The van der Waals surface area contributed by atoms with Crippen LogP contribution in [0.15, 0.2) is 12.3 Å². The number of hydrogen-bond acceptors (Lipinski definition) is 4. The predicted octanol–water partition coefficient (Wildman–Crippen LogP) is 2.11. The van der Waals surface area contributed by atoms with Gasteiger partial charge in [-0.2, -0.15) is 22.0 Å². The van der Waals surface area contributed by atoms with Crippen molar-refractivity contribution in [2.24, 2.45) is 0 Å². The topological polar surface area (TPSA) is 38.8 Å². The first-order valence-electron chi connectivity index (χ1n) is 6.35. The molecule has 0 aliphatic carbocycles. The zero-order valence-corrected chi connectivity index (χ0v) is 11.0. The Morgan fingerprint density at radius 1 is 1.05 bits per heavy atom. The standard InChI is InChI=1S/C12H14F5NO3/c13-11(14,12(15,16)17)9(19)1-4-18-5-2-10(3-6-18)20-7-8-21-10/h1,4H,2-3,5-8H2/b4-1+. The summed E-state index contributed by atoms with van der Waals surface area (Å²) in [6.45, 7) is 1.65. The maximum absolute atomic E-state index is 12.7. The Hall–Kier alpha value is -1.22. The van der Waals surface area contributed by atoms with Gasteiger partial charge in [-0.3, -0.25) is 4.79 Å². The molecule has 120 valence electrons. The number of nitrogens with zero attached hydrogens (tertiary/aromatic N) is 1. The molecule has 21 heavy (non-hydrogen) atoms. The van der Waals surface area contributed by atoms with Gasteiger partial charge >= 0.3 is 12.1 Å². The van der Waals surface area contributed by atoms with E-state index in [0.717, 1.165) is 6.20 Å². The van der Waals surface area contributed by atoms with Crippen molar-refractivity contribution in [2.45, 2.75) is 30.7 Å². The molecule has 2 heterocycles. The van der Waals surface area contributed by atoms with Gasteiger partial charge in [-0.25, -0.2) is 0 Å². The average Bonchev–Trinajstić information content (AvgIpc) is 2.85. The third-order valence-electron chi connectivity index (χ3n) is 3.48. The van der Waals surface area contributed by atoms with Crippen molar-refractivity contribution in [3.05, 3.63) is 12.3 Å². The van der Waals surface area contributed by atoms with Crippen LogP contribution in [-0.2, 0) is 14.3 Å². The van der Waals surface area contributed by atoms with Gasteiger partial charge in [0.25, 0.3) is 0 Å². The Labute approximate surface area is 117 Å². The van der Waals surface area contributed by atoms with Gasteiger partial charge in [0, 0.05) is 38.2 Å². The lowest BCUT2D eigenvalue weighted by Crippen LogP contribution is -2.44. The second kappa shape index (κ2) is 5.53. The van der Waals surface area contributed by atoms with E-state index in [-0.39, 0.29) is 6.08 Å². The summed E-state index contributed by atoms with van der Waals surface area (Å²) >= 11 is 0. The van der Waals surface area contributed by atoms with Crippen molar-refractivity contribution in [3.63, 3.8) is 0 Å². The largest absolute Gasteiger partial charge is 0.461 e. The minimum atomic E-state index is -5.88. The number of likely N-dealkylation sites (tertiary alicyclic amines) is 1. The van der Waals surface area contributed by atoms with E-state index < -0.39 is 23.7 Å². The van der Waals surface area contributed by atoms with Gasteiger partial charge in [-0.1, -0.05) is 0 Å². The van der Waals surface area contributed by atoms with Crippen LogP contribution in [0.2, 0.25) is 0 Å². The fourth-order valence-corrected chi connectivity index (χ4v) is 2.22. The molecule has 0 bridgehead atoms. The van der Waals surface area contributed by atoms with Crippen LogP contribution in [-0.4, -0.2) is 54.9 Å². The van der Waals surface area contributed by atoms with Gasteiger partial charge in [-0.05, 0) is 0 Å². The van der Waals surface area contributed by atoms with Gasteiger partial charge in [0.15, 0.2) is 5.79 Å². The lowest BCUT2D eigenvalue weighted by Gasteiger charge is -2.37. The molecule has 2 rings (SSSR count). The predicted molar refractivity (Wildman–Crippen MR) is 60.6 cm³/mol. The second-order valence-electron chi connectivity index (χ2n) is 4.90. The van der Waals surface area contributed by atoms with E-state index in [1.165, 1.54) is 4.90 Å². The lowest BCUT2D eigenvalue weighted by molar-refractivity contribution is -0.266. The summed E-state index contributed by atoms with van der Waals surface area (Å²) in [6, 6.07) is 0. The number of piperidine rings is 1. The Balaban J connectivity index is 1.89. The quantitative estimate of drug-likeness (QED) is 0.591. The fourth-order valence-electron chi connectivity index (χ4n) is 2.22. The molecule has 2 aliphatic heterocycles. The lowest BCUT2D eigenvalue weighted by atomic mass is 10.0. The highest BCUT2D eigenvalue weighted by Gasteiger charge is 2.62. The van der Waals surface area contributed by atoms with Crippen molar-refractivity contribution in [1.82, 2.24) is 4.90 Å². The molecule has 1 spiro atoms. The van der Waals surface area contributed by atoms with Crippen molar-refractivity contribution in [3.8, 4) is 0 Å². The zero-order valence-electron chi connectivity index (χ0n) is 11.0. The summed E-state index contributed by atoms with van der Waals surface area (Å²) in [6.07, 6.45) is -3.74. The number of carbonyl (C=O) groups is 1. The van der Waals surface area contributed by atoms with Gasteiger partial charge in [0.1, 0.15) is 0 Å². The molecular formula is C12H14F5NO3. The Kier molecular flexibility index (Phi) is 4.25. The second-order valence-corrected chi connectivity index (χ2v) is 4.90. The van der Waals surface area contributed by atoms with E-state index in [1.807, 2.05) is 0 Å². The van der Waals surface area contributed by atoms with Gasteiger partial charge < -0.3 is 14.4 Å². The monoisotopic (exact) mass is 315 g/mol. The zero-order chi connectivity index (χ0) is 15.7. The summed E-state index contributed by atoms with van der Waals surface area (Å²) in [5, 5.41) is 0. The smallest absolute Gasteiger partial charge is 0.377 e. The molecule has 2 saturated heterocycles. The maximum atomic E-state index is 12.7. The molecule has 2 fully saturated rings. The van der Waals surface area contributed by atoms with Crippen molar-refractivity contribution in [2.75, 3.05) is 26.3 Å². The summed E-state index contributed by atoms with van der Waals surface area (Å²) in [5.74, 6) is -8.31. The van der Waals surface area contributed by atoms with E-state index in [4.69, 9.17) is 9.47 Å². The Morgan fingerprint density at radius 2 is 1.57 bits per heavy atom. The molecule has 0 saturated carbocycles. The van der Waals surface area contributed by atoms with E-state index in [9.17, 15) is 26.7 Å². The van der Waals surface area contributed by atoms with Gasteiger partial charge in [0.2, 0.25) is 5.78 Å². The summed E-state index contributed by atoms with van der Waals surface area (Å²) in [7, 11) is 0. The number of carbonyl (C=O) groups excluding carboxylic acids is 1. The van der Waals surface area contributed by atoms with Crippen LogP contribution < -0.4 is 0 Å². The first kappa shape index (κ1) is 16.2. The molecule has 0 radical (unpaired) electrons. The number of halogens is 5. The highest BCUT2D eigenvalue weighted by molar-refractivity contribution is 5.96. The molecule has 0 unspecified atom stereocenters. The van der Waals surface area contributed by atoms with Crippen LogP contribution in [0.4, 0.5) is 22.0 Å². The molecular weight excluding hydrogens is 301 g/mol. The van der Waals surface area contributed by atoms with E-state index in [0.29, 0.717) is 39.1 Å². The number of alkyl halides is 5. The van der Waals surface area contributed by atoms with Gasteiger partial charge in [-0.15, -0.1) is 0 Å². The molecule has 0 atom stereocenters. The average molecular weight is 315 g/mol. The number of ether oxygens (including phenoxy) is 2. The molecule has 0 N–H and O–H groups in total. The van der Waals surface area contributed by atoms with E-state index in [2.05, 4.69) is 0 Å². The van der Waals surface area contributed by atoms with Crippen molar-refractivity contribution >= 4 is 5.78 Å². The SMILES string of the molecule is O=C(/C=C/N1CCC2(CC1)OCCO2)C(F)(F)C(F)(F)F. The summed E-state index contributed by atoms with van der Waals surface area (Å²) in [4.78, 5) is 12.5. The highest BCUT2D eigenvalue weighted by atomic mass is 19.4. The first-order valence-corrected chi connectivity index (χ1v) is 6.35. The van der Waals surface area contributed by atoms with Crippen LogP contribution in [0.25, 0.3) is 0 Å². The van der Waals surface area contributed by atoms with Crippen LogP contribution >= 0.6 is 0 Å². The first-order chi connectivity index (χ1) is 9.66. The molecule has 2 aliphatic rings. The Bertz CT molecular complexity index is 419. The van der Waals surface area contributed by atoms with E-state index >= 15 is 0 Å². The minimum absolute atomic E-state index is 0.266. The molecule has 0 aromatic rings. The summed E-state index contributed by atoms with van der Waals surface area (Å²) in [5.41, 5.74) is 0. The maximum Gasteiger partial charge on any atom is 0.461 e. The minimum Gasteiger partial charge on any atom is -0.377 e. The molecule has 0 aromatic heterocycles. The van der Waals surface area contributed by atoms with Crippen molar-refractivity contribution in [1.29, 1.82) is 0 Å². The van der Waals surface area contributed by atoms with Crippen LogP contribution in [0, 0.1) is 0 Å². The number of ketones is 1. The van der Waals surface area contributed by atoms with Crippen molar-refractivity contribution < 1.29 is 36.2 Å². The highest BCUT2D eigenvalue weighted by Crippen LogP contribution is 2.36. The molecule has 0 amide bonds. The molecule has 0 aromatic carbocycles. The number of allylic oxidation sites excluding steroid dienone is 1. The summed E-state index contributed by atoms with van der Waals surface area (Å²) < 4.78 is 72.4. The third kappa shape index (κ3) is 3.34. The Morgan fingerprint density at radius 3 is 2.05 bits per heavy atom. The molecule has 4 nitrogen and oxygen atoms in total. The van der Waals surface area contributed by atoms with E-state index in [1.54, 1.807) is 0 Å². The van der Waals surface area contributed by atoms with Gasteiger partial charge in [0.05, 0.1) is 13.2 Å². The fraction of sp³-hybridized carbons (Fsp3) is 0.750. The van der Waals surface area contributed by atoms with Crippen LogP contribution in [0.1, 0.15) is 12.8 Å². The van der Waals surface area contributed by atoms with Crippen LogP contribution in [0.3, 0.4) is 0 Å². The van der Waals surface area contributed by atoms with Crippen LogP contribution in [0.5, 0.6) is 0 Å². The number of rotatable bonds is 3.